The van der Waals surface area contributed by atoms with Crippen molar-refractivity contribution in [3.8, 4) is 29.5 Å². The first kappa shape index (κ1) is 19.8. The van der Waals surface area contributed by atoms with Gasteiger partial charge in [0.1, 0.15) is 17.9 Å². The molecule has 2 heterocycles. The fourth-order valence-electron chi connectivity index (χ4n) is 1.94. The van der Waals surface area contributed by atoms with Crippen molar-refractivity contribution in [2.45, 2.75) is 13.8 Å². The average molecular weight is 362 g/mol. The Morgan fingerprint density at radius 3 is 2.78 bits per heavy atom. The van der Waals surface area contributed by atoms with Crippen LogP contribution in [0.3, 0.4) is 0 Å². The number of methoxy groups -OCH3 is 1. The van der Waals surface area contributed by atoms with Gasteiger partial charge in [-0.1, -0.05) is 18.6 Å². The van der Waals surface area contributed by atoms with E-state index in [0.29, 0.717) is 22.8 Å². The van der Waals surface area contributed by atoms with Crippen LogP contribution in [0.4, 0.5) is 0 Å². The van der Waals surface area contributed by atoms with E-state index in [1.807, 2.05) is 50.3 Å². The zero-order chi connectivity index (χ0) is 19.6. The second kappa shape index (κ2) is 9.83. The molecule has 0 bridgehead atoms. The Kier molecular flexibility index (Phi) is 7.21. The van der Waals surface area contributed by atoms with Gasteiger partial charge in [-0.05, 0) is 38.1 Å². The Bertz CT molecular complexity index is 966. The minimum atomic E-state index is 0.287. The van der Waals surface area contributed by atoms with Crippen LogP contribution in [0.1, 0.15) is 13.8 Å². The molecule has 0 aliphatic carbocycles. The van der Waals surface area contributed by atoms with Crippen molar-refractivity contribution in [3.63, 3.8) is 0 Å². The summed E-state index contributed by atoms with van der Waals surface area (Å²) in [5.41, 5.74) is 2.83. The SMILES string of the molecule is C#CC(=C)COc1ccc2oc(-c3cccnc3)nc2c1.C/C=C(\C)OC. The van der Waals surface area contributed by atoms with Crippen LogP contribution in [0.15, 0.2) is 71.1 Å². The number of fused-ring (bicyclic) bond motifs is 1. The number of hydrogen-bond donors (Lipinski definition) is 0. The molecule has 5 nitrogen and oxygen atoms in total. The van der Waals surface area contributed by atoms with Gasteiger partial charge >= 0.3 is 0 Å². The maximum absolute atomic E-state index is 5.70. The van der Waals surface area contributed by atoms with Crippen molar-refractivity contribution in [1.82, 2.24) is 9.97 Å². The molecule has 0 aliphatic heterocycles. The Morgan fingerprint density at radius 2 is 2.19 bits per heavy atom. The quantitative estimate of drug-likeness (QED) is 0.471. The molecule has 2 aromatic heterocycles. The number of rotatable bonds is 5. The third-order valence-electron chi connectivity index (χ3n) is 3.61. The second-order valence-electron chi connectivity index (χ2n) is 5.53. The van der Waals surface area contributed by atoms with Crippen molar-refractivity contribution < 1.29 is 13.9 Å². The largest absolute Gasteiger partial charge is 0.502 e. The number of terminal acetylenes is 1. The van der Waals surface area contributed by atoms with Crippen molar-refractivity contribution in [2.24, 2.45) is 0 Å². The summed E-state index contributed by atoms with van der Waals surface area (Å²) in [6, 6.07) is 9.17. The number of allylic oxidation sites excluding steroid dienone is 2. The lowest BCUT2D eigenvalue weighted by molar-refractivity contribution is 0.293. The predicted molar refractivity (Wildman–Crippen MR) is 107 cm³/mol. The monoisotopic (exact) mass is 362 g/mol. The van der Waals surface area contributed by atoms with Crippen molar-refractivity contribution in [2.75, 3.05) is 13.7 Å². The smallest absolute Gasteiger partial charge is 0.228 e. The molecule has 27 heavy (non-hydrogen) atoms. The summed E-state index contributed by atoms with van der Waals surface area (Å²) in [6.45, 7) is 7.84. The highest BCUT2D eigenvalue weighted by Gasteiger charge is 2.09. The molecule has 0 radical (unpaired) electrons. The molecule has 0 saturated carbocycles. The lowest BCUT2D eigenvalue weighted by Gasteiger charge is -2.03. The van der Waals surface area contributed by atoms with Gasteiger partial charge in [0.25, 0.3) is 0 Å². The molecule has 0 N–H and O–H groups in total. The molecule has 0 saturated heterocycles. The van der Waals surface area contributed by atoms with Gasteiger partial charge in [0.2, 0.25) is 5.89 Å². The number of hydrogen-bond acceptors (Lipinski definition) is 5. The van der Waals surface area contributed by atoms with Crippen LogP contribution in [-0.4, -0.2) is 23.7 Å². The Morgan fingerprint density at radius 1 is 1.37 bits per heavy atom. The number of nitrogens with zero attached hydrogens (tertiary/aromatic N) is 2. The van der Waals surface area contributed by atoms with E-state index in [2.05, 4.69) is 22.5 Å². The minimum Gasteiger partial charge on any atom is -0.502 e. The maximum atomic E-state index is 5.70. The zero-order valence-electron chi connectivity index (χ0n) is 15.7. The molecule has 0 aliphatic rings. The van der Waals surface area contributed by atoms with E-state index >= 15 is 0 Å². The van der Waals surface area contributed by atoms with Crippen molar-refractivity contribution >= 4 is 11.1 Å². The van der Waals surface area contributed by atoms with E-state index in [1.54, 1.807) is 19.5 Å². The number of oxazole rings is 1. The summed E-state index contributed by atoms with van der Waals surface area (Å²) in [6.07, 6.45) is 10.6. The van der Waals surface area contributed by atoms with Crippen LogP contribution < -0.4 is 4.74 Å². The van der Waals surface area contributed by atoms with Gasteiger partial charge in [-0.25, -0.2) is 4.98 Å². The first-order valence-corrected chi connectivity index (χ1v) is 8.32. The van der Waals surface area contributed by atoms with E-state index < -0.39 is 0 Å². The highest BCUT2D eigenvalue weighted by atomic mass is 16.5. The Hall–Kier alpha value is -3.52. The summed E-state index contributed by atoms with van der Waals surface area (Å²) in [5, 5.41) is 0. The molecule has 0 fully saturated rings. The first-order chi connectivity index (χ1) is 13.1. The van der Waals surface area contributed by atoms with E-state index in [0.717, 1.165) is 16.8 Å². The van der Waals surface area contributed by atoms with Crippen LogP contribution in [0.2, 0.25) is 0 Å². The molecule has 3 aromatic rings. The van der Waals surface area contributed by atoms with Crippen LogP contribution >= 0.6 is 0 Å². The predicted octanol–water partition coefficient (Wildman–Crippen LogP) is 5.01. The van der Waals surface area contributed by atoms with Crippen LogP contribution in [-0.2, 0) is 4.74 Å². The lowest BCUT2D eigenvalue weighted by atomic mass is 10.3. The van der Waals surface area contributed by atoms with Gasteiger partial charge in [-0.3, -0.25) is 4.98 Å². The molecule has 0 amide bonds. The van der Waals surface area contributed by atoms with Gasteiger partial charge in [-0.15, -0.1) is 6.42 Å². The highest BCUT2D eigenvalue weighted by Crippen LogP contribution is 2.26. The van der Waals surface area contributed by atoms with E-state index in [1.165, 1.54) is 0 Å². The summed E-state index contributed by atoms with van der Waals surface area (Å²) < 4.78 is 16.0. The van der Waals surface area contributed by atoms with E-state index in [4.69, 9.17) is 20.3 Å². The van der Waals surface area contributed by atoms with Gasteiger partial charge in [0, 0.05) is 24.0 Å². The zero-order valence-corrected chi connectivity index (χ0v) is 15.7. The third kappa shape index (κ3) is 5.75. The maximum Gasteiger partial charge on any atom is 0.228 e. The fourth-order valence-corrected chi connectivity index (χ4v) is 1.94. The molecule has 0 unspecified atom stereocenters. The molecule has 5 heteroatoms. The van der Waals surface area contributed by atoms with Gasteiger partial charge in [0.15, 0.2) is 5.58 Å². The number of ether oxygens (including phenoxy) is 2. The summed E-state index contributed by atoms with van der Waals surface area (Å²) >= 11 is 0. The van der Waals surface area contributed by atoms with Crippen LogP contribution in [0.25, 0.3) is 22.6 Å². The summed E-state index contributed by atoms with van der Waals surface area (Å²) in [4.78, 5) is 8.50. The standard InChI is InChI=1S/C17H12N2O2.C5H10O/c1-3-12(2)11-20-14-6-7-16-15(9-14)19-17(21-16)13-5-4-8-18-10-13;1-4-5(2)6-3/h1,4-10H,2,11H2;4H,1-3H3/b;5-4+. The normalized spacial score (nSPS) is 10.5. The number of benzene rings is 1. The van der Waals surface area contributed by atoms with Crippen molar-refractivity contribution in [3.05, 3.63) is 66.7 Å². The molecule has 138 valence electrons. The topological polar surface area (TPSA) is 57.4 Å². The molecule has 3 rings (SSSR count). The lowest BCUT2D eigenvalue weighted by Crippen LogP contribution is -1.98. The van der Waals surface area contributed by atoms with Gasteiger partial charge in [0.05, 0.1) is 18.4 Å². The average Bonchev–Trinajstić information content (AvgIpc) is 3.15. The molecule has 1 aromatic carbocycles. The Balaban J connectivity index is 0.000000380. The van der Waals surface area contributed by atoms with E-state index in [-0.39, 0.29) is 6.61 Å². The Labute approximate surface area is 159 Å². The van der Waals surface area contributed by atoms with Crippen molar-refractivity contribution in [1.29, 1.82) is 0 Å². The molecular weight excluding hydrogens is 340 g/mol. The van der Waals surface area contributed by atoms with Crippen LogP contribution in [0, 0.1) is 12.3 Å². The number of pyridine rings is 1. The molecule has 0 atom stereocenters. The van der Waals surface area contributed by atoms with E-state index in [9.17, 15) is 0 Å². The van der Waals surface area contributed by atoms with Crippen LogP contribution in [0.5, 0.6) is 5.75 Å². The summed E-state index contributed by atoms with van der Waals surface area (Å²) in [7, 11) is 1.66. The molecular formula is C22H22N2O3. The molecule has 0 spiro atoms. The van der Waals surface area contributed by atoms with Gasteiger partial charge < -0.3 is 13.9 Å². The fraction of sp³-hybridized carbons (Fsp3) is 0.182. The minimum absolute atomic E-state index is 0.287. The summed E-state index contributed by atoms with van der Waals surface area (Å²) in [5.74, 6) is 4.61. The second-order valence-corrected chi connectivity index (χ2v) is 5.53. The van der Waals surface area contributed by atoms with Gasteiger partial charge in [-0.2, -0.15) is 0 Å². The first-order valence-electron chi connectivity index (χ1n) is 8.32. The highest BCUT2D eigenvalue weighted by molar-refractivity contribution is 5.77. The third-order valence-corrected chi connectivity index (χ3v) is 3.61. The number of aromatic nitrogens is 2.